The first-order valence-corrected chi connectivity index (χ1v) is 7.47. The van der Waals surface area contributed by atoms with E-state index in [0.29, 0.717) is 0 Å². The summed E-state index contributed by atoms with van der Waals surface area (Å²) in [6, 6.07) is 6.42. The second-order valence-corrected chi connectivity index (χ2v) is 8.96. The van der Waals surface area contributed by atoms with Crippen LogP contribution in [0.1, 0.15) is 0 Å². The molecule has 1 nitrogen and oxygen atoms in total. The topological polar surface area (TPSA) is 3.88 Å². The van der Waals surface area contributed by atoms with Gasteiger partial charge in [-0.2, -0.15) is 0 Å². The summed E-state index contributed by atoms with van der Waals surface area (Å²) in [5.74, 6) is 0. The van der Waals surface area contributed by atoms with Gasteiger partial charge in [-0.05, 0) is 6.07 Å². The highest BCUT2D eigenvalue weighted by Gasteiger charge is 2.24. The van der Waals surface area contributed by atoms with Crippen molar-refractivity contribution in [2.24, 2.45) is 7.05 Å². The van der Waals surface area contributed by atoms with Crippen LogP contribution in [0.5, 0.6) is 0 Å². The van der Waals surface area contributed by atoms with Crippen LogP contribution in [0.25, 0.3) is 0 Å². The lowest BCUT2D eigenvalue weighted by molar-refractivity contribution is -0.654. The standard InChI is InChI=1S/C9H16NSi.HI.Mg.2H/c1-10-8-6-5-7-9(10)11(2,3)4;;;;/h5-8H,1-4H3;1H;;;/q+1;;;;/p-1. The Morgan fingerprint density at radius 3 is 2.00 bits per heavy atom. The highest BCUT2D eigenvalue weighted by molar-refractivity contribution is 6.87. The molecule has 1 aromatic rings. The highest BCUT2D eigenvalue weighted by Crippen LogP contribution is 1.97. The number of rotatable bonds is 1. The third kappa shape index (κ3) is 4.76. The van der Waals surface area contributed by atoms with E-state index in [0.717, 1.165) is 0 Å². The molecule has 0 bridgehead atoms. The molecule has 0 unspecified atom stereocenters. The fourth-order valence-electron chi connectivity index (χ4n) is 1.30. The average molecular weight is 320 g/mol. The van der Waals surface area contributed by atoms with Crippen molar-refractivity contribution in [2.45, 2.75) is 19.6 Å². The normalized spacial score (nSPS) is 9.85. The second-order valence-electron chi connectivity index (χ2n) is 3.95. The van der Waals surface area contributed by atoms with Crippen molar-refractivity contribution < 1.29 is 28.5 Å². The van der Waals surface area contributed by atoms with Crippen LogP contribution in [-0.4, -0.2) is 31.1 Å². The summed E-state index contributed by atoms with van der Waals surface area (Å²) < 4.78 is 2.23. The van der Waals surface area contributed by atoms with E-state index in [1.165, 1.54) is 5.32 Å². The predicted molar refractivity (Wildman–Crippen MR) is 59.1 cm³/mol. The Kier molecular flexibility index (Phi) is 7.98. The average Bonchev–Trinajstić information content (AvgIpc) is 1.86. The Bertz CT molecular complexity index is 260. The van der Waals surface area contributed by atoms with E-state index in [1.54, 1.807) is 0 Å². The molecular weight excluding hydrogens is 301 g/mol. The monoisotopic (exact) mass is 319 g/mol. The van der Waals surface area contributed by atoms with Crippen molar-refractivity contribution >= 4 is 36.4 Å². The Balaban J connectivity index is 0. The fraction of sp³-hybridized carbons (Fsp3) is 0.444. The second kappa shape index (κ2) is 6.37. The van der Waals surface area contributed by atoms with E-state index in [9.17, 15) is 0 Å². The van der Waals surface area contributed by atoms with Crippen molar-refractivity contribution in [1.29, 1.82) is 0 Å². The highest BCUT2D eigenvalue weighted by atomic mass is 127. The number of pyridine rings is 1. The molecule has 0 amide bonds. The summed E-state index contributed by atoms with van der Waals surface area (Å²) in [4.78, 5) is 0. The van der Waals surface area contributed by atoms with Gasteiger partial charge in [0, 0.05) is 6.07 Å². The van der Waals surface area contributed by atoms with Crippen LogP contribution in [0.2, 0.25) is 19.6 Å². The number of nitrogens with zero attached hydrogens (tertiary/aromatic N) is 1. The Labute approximate surface area is 115 Å². The van der Waals surface area contributed by atoms with Crippen LogP contribution in [0.3, 0.4) is 0 Å². The van der Waals surface area contributed by atoms with Crippen molar-refractivity contribution in [3.63, 3.8) is 0 Å². The number of hydrogen-bond donors (Lipinski definition) is 0. The van der Waals surface area contributed by atoms with E-state index in [2.05, 4.69) is 55.7 Å². The molecule has 1 rings (SSSR count). The molecule has 0 aromatic carbocycles. The molecular formula is C9H18IMgNSi. The van der Waals surface area contributed by atoms with E-state index < -0.39 is 8.07 Å². The van der Waals surface area contributed by atoms with Crippen LogP contribution in [0, 0.1) is 0 Å². The van der Waals surface area contributed by atoms with Crippen LogP contribution in [0.15, 0.2) is 24.4 Å². The molecule has 0 saturated carbocycles. The summed E-state index contributed by atoms with van der Waals surface area (Å²) in [5.41, 5.74) is 0. The van der Waals surface area contributed by atoms with Gasteiger partial charge in [-0.1, -0.05) is 25.7 Å². The summed E-state index contributed by atoms with van der Waals surface area (Å²) in [6.07, 6.45) is 2.12. The molecule has 1 aromatic heterocycles. The summed E-state index contributed by atoms with van der Waals surface area (Å²) in [5, 5.41) is 1.50. The summed E-state index contributed by atoms with van der Waals surface area (Å²) in [7, 11) is 1.00. The first-order chi connectivity index (χ1) is 5.02. The lowest BCUT2D eigenvalue weighted by atomic mass is 10.5. The number of hydrogen-bond acceptors (Lipinski definition) is 0. The summed E-state index contributed by atoms with van der Waals surface area (Å²) in [6.45, 7) is 7.09. The number of halogens is 1. The van der Waals surface area contributed by atoms with E-state index >= 15 is 0 Å². The maximum absolute atomic E-state index is 2.36. The molecule has 0 fully saturated rings. The van der Waals surface area contributed by atoms with Crippen molar-refractivity contribution in [2.75, 3.05) is 0 Å². The van der Waals surface area contributed by atoms with Gasteiger partial charge in [-0.15, -0.1) is 0 Å². The minimum absolute atomic E-state index is 0. The van der Waals surface area contributed by atoms with Gasteiger partial charge in [0.2, 0.25) is 0 Å². The third-order valence-electron chi connectivity index (χ3n) is 1.82. The molecule has 0 radical (unpaired) electrons. The molecule has 0 atom stereocenters. The lowest BCUT2D eigenvalue weighted by Gasteiger charge is -2.11. The first kappa shape index (κ1) is 16.3. The largest absolute Gasteiger partial charge is 1.00 e. The Hall–Kier alpha value is 0.863. The van der Waals surface area contributed by atoms with Crippen LogP contribution < -0.4 is 33.9 Å². The zero-order valence-corrected chi connectivity index (χ0v) is 11.3. The van der Waals surface area contributed by atoms with Gasteiger partial charge in [-0.25, -0.2) is 4.57 Å². The van der Waals surface area contributed by atoms with Crippen LogP contribution in [0.4, 0.5) is 0 Å². The maximum atomic E-state index is 2.36. The molecule has 0 aliphatic rings. The third-order valence-corrected chi connectivity index (χ3v) is 3.88. The van der Waals surface area contributed by atoms with Gasteiger partial charge in [0.15, 0.2) is 19.6 Å². The Morgan fingerprint density at radius 1 is 1.15 bits per heavy atom. The molecule has 4 heteroatoms. The molecule has 0 aliphatic heterocycles. The molecule has 0 aliphatic carbocycles. The van der Waals surface area contributed by atoms with E-state index in [4.69, 9.17) is 0 Å². The molecule has 72 valence electrons. The smallest absolute Gasteiger partial charge is 0.316 e. The van der Waals surface area contributed by atoms with Gasteiger partial charge in [-0.3, -0.25) is 0 Å². The minimum Gasteiger partial charge on any atom is -1.00 e. The van der Waals surface area contributed by atoms with E-state index in [1.807, 2.05) is 0 Å². The van der Waals surface area contributed by atoms with Crippen molar-refractivity contribution in [3.8, 4) is 0 Å². The number of aryl methyl sites for hydroxylation is 1. The molecule has 0 N–H and O–H groups in total. The minimum atomic E-state index is -1.11. The maximum Gasteiger partial charge on any atom is 0.316 e. The SMILES string of the molecule is C[n+]1ccccc1[Si](C)(C)C.[I-].[MgH2]. The van der Waals surface area contributed by atoms with E-state index in [-0.39, 0.29) is 47.0 Å². The van der Waals surface area contributed by atoms with Gasteiger partial charge in [0.1, 0.15) is 7.05 Å². The van der Waals surface area contributed by atoms with Gasteiger partial charge < -0.3 is 24.0 Å². The zero-order valence-electron chi connectivity index (χ0n) is 8.13. The van der Waals surface area contributed by atoms with Gasteiger partial charge in [0.05, 0.1) is 0 Å². The Morgan fingerprint density at radius 2 is 1.69 bits per heavy atom. The molecule has 0 saturated heterocycles. The fourth-order valence-corrected chi connectivity index (χ4v) is 3.03. The van der Waals surface area contributed by atoms with Gasteiger partial charge in [0.25, 0.3) is 0 Å². The predicted octanol–water partition coefficient (Wildman–Crippen LogP) is -2.86. The van der Waals surface area contributed by atoms with Crippen LogP contribution >= 0.6 is 0 Å². The molecule has 0 spiro atoms. The van der Waals surface area contributed by atoms with Crippen molar-refractivity contribution in [1.82, 2.24) is 0 Å². The summed E-state index contributed by atoms with van der Waals surface area (Å²) >= 11 is 0. The van der Waals surface area contributed by atoms with Crippen molar-refractivity contribution in [3.05, 3.63) is 24.4 Å². The lowest BCUT2D eigenvalue weighted by Crippen LogP contribution is -3.00. The quantitative estimate of drug-likeness (QED) is 0.298. The van der Waals surface area contributed by atoms with Crippen LogP contribution in [-0.2, 0) is 7.05 Å². The van der Waals surface area contributed by atoms with Gasteiger partial charge >= 0.3 is 23.1 Å². The zero-order chi connectivity index (χ0) is 8.48. The number of aromatic nitrogens is 1. The molecule has 13 heavy (non-hydrogen) atoms. The first-order valence-electron chi connectivity index (χ1n) is 3.97. The molecule has 1 heterocycles.